The Balaban J connectivity index is 1.80. The summed E-state index contributed by atoms with van der Waals surface area (Å²) in [5.41, 5.74) is 2.85. The molecule has 2 aromatic rings. The fourth-order valence-electron chi connectivity index (χ4n) is 4.48. The van der Waals surface area contributed by atoms with Gasteiger partial charge in [0.1, 0.15) is 18.5 Å². The van der Waals surface area contributed by atoms with E-state index in [1.165, 1.54) is 11.1 Å². The molecule has 184 valence electrons. The van der Waals surface area contributed by atoms with Crippen LogP contribution in [0, 0.1) is 5.41 Å². The Bertz CT molecular complexity index is 855. The van der Waals surface area contributed by atoms with E-state index in [2.05, 4.69) is 51.7 Å². The van der Waals surface area contributed by atoms with Gasteiger partial charge in [0.05, 0.1) is 14.2 Å². The maximum absolute atomic E-state index is 10.4. The van der Waals surface area contributed by atoms with Crippen molar-refractivity contribution >= 4 is 0 Å². The molecule has 0 aromatic heterocycles. The van der Waals surface area contributed by atoms with E-state index in [9.17, 15) is 5.11 Å². The summed E-state index contributed by atoms with van der Waals surface area (Å²) < 4.78 is 16.5. The number of rotatable bonds is 12. The second-order valence-corrected chi connectivity index (χ2v) is 10.8. The summed E-state index contributed by atoms with van der Waals surface area (Å²) in [5, 5.41) is 10.4. The minimum Gasteiger partial charge on any atom is -0.493 e. The third kappa shape index (κ3) is 8.90. The van der Waals surface area contributed by atoms with Crippen molar-refractivity contribution in [3.05, 3.63) is 53.6 Å². The lowest BCUT2D eigenvalue weighted by Crippen LogP contribution is -2.34. The first-order valence-corrected chi connectivity index (χ1v) is 11.7. The van der Waals surface area contributed by atoms with Crippen molar-refractivity contribution in [2.75, 3.05) is 41.0 Å². The van der Waals surface area contributed by atoms with Gasteiger partial charge in [-0.25, -0.2) is 0 Å². The first kappa shape index (κ1) is 27.0. The summed E-state index contributed by atoms with van der Waals surface area (Å²) in [6, 6.07) is 14.3. The van der Waals surface area contributed by atoms with E-state index in [0.717, 1.165) is 36.6 Å². The predicted molar refractivity (Wildman–Crippen MR) is 136 cm³/mol. The number of aliphatic hydroxyl groups is 1. The number of hydrogen-bond acceptors (Lipinski definition) is 5. The summed E-state index contributed by atoms with van der Waals surface area (Å²) in [5.74, 6) is 2.25. The number of nitrogens with zero attached hydrogens (tertiary/aromatic N) is 1. The third-order valence-corrected chi connectivity index (χ3v) is 5.80. The van der Waals surface area contributed by atoms with Gasteiger partial charge in [0.15, 0.2) is 11.5 Å². The van der Waals surface area contributed by atoms with Gasteiger partial charge in [0, 0.05) is 13.1 Å². The first-order valence-electron chi connectivity index (χ1n) is 11.7. The maximum Gasteiger partial charge on any atom is 0.160 e. The molecule has 0 amide bonds. The molecule has 0 saturated carbocycles. The summed E-state index contributed by atoms with van der Waals surface area (Å²) in [6.45, 7) is 13.0. The van der Waals surface area contributed by atoms with Crippen molar-refractivity contribution < 1.29 is 19.3 Å². The number of aliphatic hydroxyl groups excluding tert-OH is 1. The van der Waals surface area contributed by atoms with Gasteiger partial charge in [0.25, 0.3) is 0 Å². The molecule has 0 heterocycles. The molecule has 33 heavy (non-hydrogen) atoms. The monoisotopic (exact) mass is 457 g/mol. The lowest BCUT2D eigenvalue weighted by atomic mass is 9.72. The number of benzene rings is 2. The molecule has 0 spiro atoms. The van der Waals surface area contributed by atoms with Crippen molar-refractivity contribution in [1.29, 1.82) is 0 Å². The summed E-state index contributed by atoms with van der Waals surface area (Å²) >= 11 is 0. The summed E-state index contributed by atoms with van der Waals surface area (Å²) in [6.07, 6.45) is 1.41. The fourth-order valence-corrected chi connectivity index (χ4v) is 4.48. The van der Waals surface area contributed by atoms with Crippen LogP contribution in [-0.2, 0) is 11.8 Å². The molecule has 1 atom stereocenters. The molecular weight excluding hydrogens is 414 g/mol. The summed E-state index contributed by atoms with van der Waals surface area (Å²) in [4.78, 5) is 2.11. The molecule has 5 nitrogen and oxygen atoms in total. The van der Waals surface area contributed by atoms with Crippen molar-refractivity contribution in [3.63, 3.8) is 0 Å². The fraction of sp³-hybridized carbons (Fsp3) is 0.571. The molecule has 0 fully saturated rings. The van der Waals surface area contributed by atoms with Crippen molar-refractivity contribution in [2.45, 2.75) is 59.0 Å². The van der Waals surface area contributed by atoms with Crippen LogP contribution in [-0.4, -0.2) is 57.1 Å². The molecule has 0 aliphatic carbocycles. The van der Waals surface area contributed by atoms with Crippen molar-refractivity contribution in [2.24, 2.45) is 5.41 Å². The van der Waals surface area contributed by atoms with E-state index in [-0.39, 0.29) is 17.4 Å². The molecule has 0 aliphatic rings. The van der Waals surface area contributed by atoms with Gasteiger partial charge in [-0.1, -0.05) is 52.8 Å². The molecule has 1 unspecified atom stereocenters. The minimum atomic E-state index is -0.558. The zero-order chi connectivity index (χ0) is 24.6. The minimum absolute atomic E-state index is 0.104. The molecule has 0 aliphatic heterocycles. The molecule has 2 aromatic carbocycles. The van der Waals surface area contributed by atoms with E-state index in [4.69, 9.17) is 14.2 Å². The topological polar surface area (TPSA) is 51.2 Å². The second kappa shape index (κ2) is 11.8. The van der Waals surface area contributed by atoms with E-state index in [1.54, 1.807) is 14.2 Å². The molecule has 1 N–H and O–H groups in total. The SMILES string of the molecule is COc1ccc(CCN(C)CC(O)COc2ccc(C(C)(C)CC(C)(C)C)cc2)cc1OC. The van der Waals surface area contributed by atoms with Crippen LogP contribution in [0.3, 0.4) is 0 Å². The molecule has 5 heteroatoms. The number of hydrogen-bond donors (Lipinski definition) is 1. The molecule has 0 radical (unpaired) electrons. The quantitative estimate of drug-likeness (QED) is 0.467. The van der Waals surface area contributed by atoms with Gasteiger partial charge in [-0.15, -0.1) is 0 Å². The van der Waals surface area contributed by atoms with E-state index >= 15 is 0 Å². The van der Waals surface area contributed by atoms with Gasteiger partial charge in [-0.3, -0.25) is 0 Å². The Morgan fingerprint density at radius 1 is 0.909 bits per heavy atom. The highest BCUT2D eigenvalue weighted by Crippen LogP contribution is 2.36. The van der Waals surface area contributed by atoms with E-state index in [1.807, 2.05) is 37.4 Å². The van der Waals surface area contributed by atoms with Crippen LogP contribution >= 0.6 is 0 Å². The summed E-state index contributed by atoms with van der Waals surface area (Å²) in [7, 11) is 5.29. The molecule has 0 bridgehead atoms. The van der Waals surface area contributed by atoms with Crippen LogP contribution in [0.1, 0.15) is 52.2 Å². The van der Waals surface area contributed by atoms with Crippen molar-refractivity contribution in [1.82, 2.24) is 4.90 Å². The van der Waals surface area contributed by atoms with Gasteiger partial charge in [-0.05, 0) is 66.1 Å². The standard InChI is InChI=1S/C28H43NO4/c1-27(2,3)20-28(4,5)22-10-12-24(13-11-22)33-19-23(30)18-29(6)16-15-21-9-14-25(31-7)26(17-21)32-8/h9-14,17,23,30H,15-16,18-20H2,1-8H3. The van der Waals surface area contributed by atoms with Gasteiger partial charge in [-0.2, -0.15) is 0 Å². The van der Waals surface area contributed by atoms with Crippen LogP contribution in [0.2, 0.25) is 0 Å². The highest BCUT2D eigenvalue weighted by molar-refractivity contribution is 5.43. The van der Waals surface area contributed by atoms with Crippen LogP contribution in [0.25, 0.3) is 0 Å². The van der Waals surface area contributed by atoms with Gasteiger partial charge < -0.3 is 24.2 Å². The zero-order valence-electron chi connectivity index (χ0n) is 21.8. The Morgan fingerprint density at radius 2 is 1.55 bits per heavy atom. The lowest BCUT2D eigenvalue weighted by molar-refractivity contribution is 0.0766. The first-order chi connectivity index (χ1) is 15.4. The third-order valence-electron chi connectivity index (χ3n) is 5.80. The van der Waals surface area contributed by atoms with Crippen LogP contribution < -0.4 is 14.2 Å². The Hall–Kier alpha value is -2.24. The smallest absolute Gasteiger partial charge is 0.160 e. The molecule has 0 saturated heterocycles. The van der Waals surface area contributed by atoms with Crippen LogP contribution in [0.5, 0.6) is 17.2 Å². The van der Waals surface area contributed by atoms with Gasteiger partial charge >= 0.3 is 0 Å². The van der Waals surface area contributed by atoms with E-state index < -0.39 is 6.10 Å². The number of likely N-dealkylation sites (N-methyl/N-ethyl adjacent to an activating group) is 1. The normalized spacial score (nSPS) is 13.2. The second-order valence-electron chi connectivity index (χ2n) is 10.8. The Morgan fingerprint density at radius 3 is 2.12 bits per heavy atom. The molecular formula is C28H43NO4. The van der Waals surface area contributed by atoms with Crippen molar-refractivity contribution in [3.8, 4) is 17.2 Å². The van der Waals surface area contributed by atoms with Gasteiger partial charge in [0.2, 0.25) is 0 Å². The highest BCUT2D eigenvalue weighted by Gasteiger charge is 2.27. The highest BCUT2D eigenvalue weighted by atomic mass is 16.5. The average Bonchev–Trinajstić information content (AvgIpc) is 2.74. The largest absolute Gasteiger partial charge is 0.493 e. The van der Waals surface area contributed by atoms with Crippen LogP contribution in [0.15, 0.2) is 42.5 Å². The number of methoxy groups -OCH3 is 2. The maximum atomic E-state index is 10.4. The van der Waals surface area contributed by atoms with Crippen LogP contribution in [0.4, 0.5) is 0 Å². The Kier molecular flexibility index (Phi) is 9.62. The molecule has 2 rings (SSSR count). The average molecular weight is 458 g/mol. The Labute approximate surface area is 200 Å². The number of ether oxygens (including phenoxy) is 3. The zero-order valence-corrected chi connectivity index (χ0v) is 21.8. The lowest BCUT2D eigenvalue weighted by Gasteiger charge is -2.33. The van der Waals surface area contributed by atoms with E-state index in [0.29, 0.717) is 6.54 Å². The predicted octanol–water partition coefficient (Wildman–Crippen LogP) is 5.33.